The summed E-state index contributed by atoms with van der Waals surface area (Å²) in [5.41, 5.74) is 1.07. The van der Waals surface area contributed by atoms with Crippen LogP contribution in [0.2, 0.25) is 0 Å². The minimum Gasteiger partial charge on any atom is -0.473 e. The number of nitrogens with zero attached hydrogens (tertiary/aromatic N) is 3. The summed E-state index contributed by atoms with van der Waals surface area (Å²) in [5, 5.41) is 18.4. The molecule has 1 aromatic carbocycles. The normalized spacial score (nSPS) is 24.8. The van der Waals surface area contributed by atoms with Crippen LogP contribution in [0.3, 0.4) is 0 Å². The molecule has 2 aliphatic rings. The van der Waals surface area contributed by atoms with E-state index in [-0.39, 0.29) is 28.4 Å². The highest BCUT2D eigenvalue weighted by molar-refractivity contribution is 5.66. The van der Waals surface area contributed by atoms with Crippen molar-refractivity contribution in [1.82, 2.24) is 9.88 Å². The molecule has 7 heteroatoms. The molecule has 31 heavy (non-hydrogen) atoms. The Labute approximate surface area is 181 Å². The Kier molecular flexibility index (Phi) is 4.92. The predicted molar refractivity (Wildman–Crippen MR) is 112 cm³/mol. The van der Waals surface area contributed by atoms with Gasteiger partial charge in [0.05, 0.1) is 17.3 Å². The van der Waals surface area contributed by atoms with Crippen molar-refractivity contribution in [3.8, 4) is 11.9 Å². The molecule has 1 aromatic heterocycles. The molecule has 162 valence electrons. The maximum atomic E-state index is 14.2. The number of ether oxygens (including phenoxy) is 1. The fourth-order valence-corrected chi connectivity index (χ4v) is 5.23. The van der Waals surface area contributed by atoms with Crippen LogP contribution in [-0.2, 0) is 12.0 Å². The van der Waals surface area contributed by atoms with Crippen LogP contribution in [0, 0.1) is 28.0 Å². The SMILES string of the molecule is CC(C)(C)C12CN(C(=O)O)CCC1(c1cccc(OCc3ccc(C#N)cc3F)n1)C2. The third kappa shape index (κ3) is 3.40. The summed E-state index contributed by atoms with van der Waals surface area (Å²) in [6, 6.07) is 11.8. The van der Waals surface area contributed by atoms with Crippen molar-refractivity contribution in [3.63, 3.8) is 0 Å². The molecule has 2 aromatic rings. The Bertz CT molecular complexity index is 1070. The van der Waals surface area contributed by atoms with Crippen LogP contribution in [0.4, 0.5) is 9.18 Å². The Balaban J connectivity index is 1.57. The number of carbonyl (C=O) groups is 1. The molecule has 2 fully saturated rings. The zero-order valence-electron chi connectivity index (χ0n) is 18.0. The van der Waals surface area contributed by atoms with E-state index in [1.807, 2.05) is 18.2 Å². The molecule has 1 aliphatic heterocycles. The van der Waals surface area contributed by atoms with Gasteiger partial charge in [0, 0.05) is 35.5 Å². The number of aromatic nitrogens is 1. The lowest BCUT2D eigenvalue weighted by atomic mass is 9.68. The highest BCUT2D eigenvalue weighted by atomic mass is 19.1. The van der Waals surface area contributed by atoms with Crippen LogP contribution in [0.25, 0.3) is 0 Å². The number of amides is 1. The lowest BCUT2D eigenvalue weighted by Crippen LogP contribution is -2.49. The summed E-state index contributed by atoms with van der Waals surface area (Å²) in [5.74, 6) is -0.0743. The van der Waals surface area contributed by atoms with Gasteiger partial charge in [-0.25, -0.2) is 14.2 Å². The quantitative estimate of drug-likeness (QED) is 0.768. The third-order valence-electron chi connectivity index (χ3n) is 7.14. The van der Waals surface area contributed by atoms with E-state index in [1.165, 1.54) is 11.0 Å². The smallest absolute Gasteiger partial charge is 0.407 e. The largest absolute Gasteiger partial charge is 0.473 e. The average molecular weight is 423 g/mol. The summed E-state index contributed by atoms with van der Waals surface area (Å²) in [6.07, 6.45) is 0.726. The van der Waals surface area contributed by atoms with E-state index in [1.54, 1.807) is 18.2 Å². The number of pyridine rings is 1. The lowest BCUT2D eigenvalue weighted by molar-refractivity contribution is 0.0629. The number of likely N-dealkylation sites (tertiary alicyclic amines) is 1. The van der Waals surface area contributed by atoms with E-state index in [4.69, 9.17) is 15.0 Å². The summed E-state index contributed by atoms with van der Waals surface area (Å²) in [7, 11) is 0. The van der Waals surface area contributed by atoms with Gasteiger partial charge in [-0.2, -0.15) is 5.26 Å². The van der Waals surface area contributed by atoms with E-state index in [2.05, 4.69) is 20.8 Å². The number of fused-ring (bicyclic) bond motifs is 1. The van der Waals surface area contributed by atoms with Crippen LogP contribution in [0.15, 0.2) is 36.4 Å². The highest BCUT2D eigenvalue weighted by Gasteiger charge is 2.75. The van der Waals surface area contributed by atoms with Crippen molar-refractivity contribution >= 4 is 6.09 Å². The number of carboxylic acid groups (broad SMARTS) is 1. The maximum absolute atomic E-state index is 14.2. The molecule has 1 N–H and O–H groups in total. The summed E-state index contributed by atoms with van der Waals surface area (Å²) in [4.78, 5) is 17.9. The van der Waals surface area contributed by atoms with E-state index < -0.39 is 11.9 Å². The second-order valence-corrected chi connectivity index (χ2v) is 9.61. The second-order valence-electron chi connectivity index (χ2n) is 9.61. The minimum absolute atomic E-state index is 0.0121. The summed E-state index contributed by atoms with van der Waals surface area (Å²) in [6.45, 7) is 7.47. The Hall–Kier alpha value is -3.14. The third-order valence-corrected chi connectivity index (χ3v) is 7.14. The number of hydrogen-bond donors (Lipinski definition) is 1. The first kappa shape index (κ1) is 21.1. The van der Waals surface area contributed by atoms with Gasteiger partial charge in [-0.1, -0.05) is 32.9 Å². The zero-order chi connectivity index (χ0) is 22.4. The van der Waals surface area contributed by atoms with Gasteiger partial charge in [-0.3, -0.25) is 0 Å². The van der Waals surface area contributed by atoms with E-state index >= 15 is 0 Å². The Morgan fingerprint density at radius 2 is 2.13 bits per heavy atom. The summed E-state index contributed by atoms with van der Waals surface area (Å²) < 4.78 is 19.9. The van der Waals surface area contributed by atoms with E-state index in [0.29, 0.717) is 24.5 Å². The fraction of sp³-hybridized carbons (Fsp3) is 0.458. The molecule has 0 bridgehead atoms. The van der Waals surface area contributed by atoms with Gasteiger partial charge in [0.25, 0.3) is 0 Å². The molecule has 1 amide bonds. The molecule has 2 heterocycles. The fourth-order valence-electron chi connectivity index (χ4n) is 5.23. The van der Waals surface area contributed by atoms with Gasteiger partial charge >= 0.3 is 6.09 Å². The predicted octanol–water partition coefficient (Wildman–Crippen LogP) is 4.73. The first-order chi connectivity index (χ1) is 14.6. The van der Waals surface area contributed by atoms with Crippen molar-refractivity contribution in [1.29, 1.82) is 5.26 Å². The molecule has 1 saturated heterocycles. The molecule has 6 nitrogen and oxygen atoms in total. The molecule has 2 unspecified atom stereocenters. The molecule has 2 atom stereocenters. The lowest BCUT2D eigenvalue weighted by Gasteiger charge is -2.43. The topological polar surface area (TPSA) is 86.5 Å². The van der Waals surface area contributed by atoms with Crippen molar-refractivity contribution in [2.75, 3.05) is 13.1 Å². The zero-order valence-corrected chi connectivity index (χ0v) is 18.0. The van der Waals surface area contributed by atoms with Crippen molar-refractivity contribution in [2.24, 2.45) is 10.8 Å². The number of halogens is 1. The maximum Gasteiger partial charge on any atom is 0.407 e. The van der Waals surface area contributed by atoms with Crippen molar-refractivity contribution in [3.05, 3.63) is 59.0 Å². The van der Waals surface area contributed by atoms with Crippen molar-refractivity contribution < 1.29 is 19.0 Å². The summed E-state index contributed by atoms with van der Waals surface area (Å²) >= 11 is 0. The number of nitriles is 1. The molecule has 1 aliphatic carbocycles. The van der Waals surface area contributed by atoms with Gasteiger partial charge in [0.15, 0.2) is 0 Å². The second kappa shape index (κ2) is 7.23. The molecule has 0 spiro atoms. The molecular formula is C24H26FN3O3. The molecule has 4 rings (SSSR count). The average Bonchev–Trinajstić information content (AvgIpc) is 3.44. The first-order valence-corrected chi connectivity index (χ1v) is 10.4. The molecule has 0 radical (unpaired) electrons. The van der Waals surface area contributed by atoms with Crippen LogP contribution in [-0.4, -0.2) is 34.2 Å². The van der Waals surface area contributed by atoms with Gasteiger partial charge < -0.3 is 14.7 Å². The van der Waals surface area contributed by atoms with Crippen molar-refractivity contribution in [2.45, 2.75) is 45.6 Å². The van der Waals surface area contributed by atoms with Crippen LogP contribution in [0.1, 0.15) is 50.4 Å². The number of piperidine rings is 1. The van der Waals surface area contributed by atoms with Gasteiger partial charge in [0.1, 0.15) is 12.4 Å². The Morgan fingerprint density at radius 1 is 1.35 bits per heavy atom. The first-order valence-electron chi connectivity index (χ1n) is 10.4. The molecular weight excluding hydrogens is 397 g/mol. The van der Waals surface area contributed by atoms with Gasteiger partial charge in [0.2, 0.25) is 5.88 Å². The van der Waals surface area contributed by atoms with Crippen LogP contribution < -0.4 is 4.74 Å². The number of benzene rings is 1. The van der Waals surface area contributed by atoms with Gasteiger partial charge in [-0.05, 0) is 36.5 Å². The molecule has 1 saturated carbocycles. The van der Waals surface area contributed by atoms with E-state index in [9.17, 15) is 14.3 Å². The van der Waals surface area contributed by atoms with Crippen LogP contribution in [0.5, 0.6) is 5.88 Å². The highest BCUT2D eigenvalue weighted by Crippen LogP contribution is 2.75. The van der Waals surface area contributed by atoms with Gasteiger partial charge in [-0.15, -0.1) is 0 Å². The van der Waals surface area contributed by atoms with Crippen LogP contribution >= 0.6 is 0 Å². The van der Waals surface area contributed by atoms with E-state index in [0.717, 1.165) is 18.5 Å². The monoisotopic (exact) mass is 423 g/mol. The number of rotatable bonds is 4. The minimum atomic E-state index is -0.876. The number of hydrogen-bond acceptors (Lipinski definition) is 4. The Morgan fingerprint density at radius 3 is 2.77 bits per heavy atom. The standard InChI is InChI=1S/C24H26FN3O3/c1-22(2,3)24-14-23(24,9-10-28(15-24)21(29)30)19-5-4-6-20(27-19)31-13-17-8-7-16(12-26)11-18(17)25/h4-8,11H,9-10,13-15H2,1-3H3,(H,29,30).